The zero-order chi connectivity index (χ0) is 15.3. The molecular formula is C17H14O4. The molecule has 2 aromatic carbocycles. The van der Waals surface area contributed by atoms with Crippen molar-refractivity contribution in [1.82, 2.24) is 0 Å². The van der Waals surface area contributed by atoms with E-state index in [2.05, 4.69) is 0 Å². The van der Waals surface area contributed by atoms with Crippen LogP contribution in [-0.4, -0.2) is 23.8 Å². The number of phenolic OH excluding ortho intramolecular Hbond substituents is 1. The molecule has 4 heteroatoms. The third kappa shape index (κ3) is 1.76. The Morgan fingerprint density at radius 3 is 2.24 bits per heavy atom. The number of ether oxygens (including phenoxy) is 1. The maximum Gasteiger partial charge on any atom is 0.198 e. The number of carbonyl (C=O) groups is 2. The van der Waals surface area contributed by atoms with Gasteiger partial charge in [-0.3, -0.25) is 9.59 Å². The minimum atomic E-state index is -0.296. The van der Waals surface area contributed by atoms with Crippen molar-refractivity contribution in [2.24, 2.45) is 0 Å². The van der Waals surface area contributed by atoms with Crippen molar-refractivity contribution in [3.8, 4) is 11.5 Å². The molecule has 0 saturated carbocycles. The van der Waals surface area contributed by atoms with Crippen molar-refractivity contribution in [3.05, 3.63) is 57.6 Å². The predicted molar refractivity (Wildman–Crippen MR) is 77.4 cm³/mol. The number of phenols is 1. The van der Waals surface area contributed by atoms with Crippen molar-refractivity contribution < 1.29 is 19.4 Å². The minimum Gasteiger partial charge on any atom is -0.508 e. The summed E-state index contributed by atoms with van der Waals surface area (Å²) in [6.07, 6.45) is 0. The Morgan fingerprint density at radius 1 is 0.905 bits per heavy atom. The first-order chi connectivity index (χ1) is 9.95. The quantitative estimate of drug-likeness (QED) is 0.745. The van der Waals surface area contributed by atoms with Crippen LogP contribution in [0.25, 0.3) is 0 Å². The molecule has 0 heterocycles. The lowest BCUT2D eigenvalue weighted by Gasteiger charge is -2.21. The molecule has 1 aliphatic rings. The molecule has 0 radical (unpaired) electrons. The van der Waals surface area contributed by atoms with E-state index in [9.17, 15) is 14.7 Å². The number of benzene rings is 2. The highest BCUT2D eigenvalue weighted by atomic mass is 16.5. The van der Waals surface area contributed by atoms with Crippen LogP contribution in [0.15, 0.2) is 24.3 Å². The van der Waals surface area contributed by atoms with Crippen LogP contribution in [0.1, 0.15) is 43.0 Å². The molecule has 0 saturated heterocycles. The zero-order valence-electron chi connectivity index (χ0n) is 12.0. The molecule has 0 fully saturated rings. The number of rotatable bonds is 1. The van der Waals surface area contributed by atoms with Gasteiger partial charge in [-0.2, -0.15) is 0 Å². The second-order valence-corrected chi connectivity index (χ2v) is 5.18. The Morgan fingerprint density at radius 2 is 1.57 bits per heavy atom. The number of methoxy groups -OCH3 is 1. The summed E-state index contributed by atoms with van der Waals surface area (Å²) >= 11 is 0. The van der Waals surface area contributed by atoms with Crippen LogP contribution in [0.5, 0.6) is 11.5 Å². The van der Waals surface area contributed by atoms with Gasteiger partial charge in [-0.1, -0.05) is 6.07 Å². The summed E-state index contributed by atoms with van der Waals surface area (Å²) in [5, 5.41) is 9.81. The monoisotopic (exact) mass is 282 g/mol. The van der Waals surface area contributed by atoms with Gasteiger partial charge >= 0.3 is 0 Å². The molecule has 0 atom stereocenters. The number of hydrogen-bond donors (Lipinski definition) is 1. The summed E-state index contributed by atoms with van der Waals surface area (Å²) in [6.45, 7) is 3.51. The molecule has 0 bridgehead atoms. The lowest BCUT2D eigenvalue weighted by Crippen LogP contribution is -2.22. The van der Waals surface area contributed by atoms with Crippen LogP contribution >= 0.6 is 0 Å². The van der Waals surface area contributed by atoms with Gasteiger partial charge in [-0.25, -0.2) is 0 Å². The first-order valence-corrected chi connectivity index (χ1v) is 6.56. The summed E-state index contributed by atoms with van der Waals surface area (Å²) in [4.78, 5) is 25.3. The highest BCUT2D eigenvalue weighted by Crippen LogP contribution is 2.37. The Labute approximate surface area is 122 Å². The molecule has 0 amide bonds. The SMILES string of the molecule is COc1c(C)ccc2c1C(=O)c1cc(O)c(C)cc1C2=O. The Kier molecular flexibility index (Phi) is 2.83. The fourth-order valence-corrected chi connectivity index (χ4v) is 2.72. The van der Waals surface area contributed by atoms with Gasteiger partial charge < -0.3 is 9.84 Å². The number of carbonyl (C=O) groups excluding carboxylic acids is 2. The van der Waals surface area contributed by atoms with E-state index in [1.807, 2.05) is 6.92 Å². The number of aromatic hydroxyl groups is 1. The third-order valence-corrected chi connectivity index (χ3v) is 3.86. The van der Waals surface area contributed by atoms with Gasteiger partial charge in [0.1, 0.15) is 11.5 Å². The van der Waals surface area contributed by atoms with Gasteiger partial charge in [-0.15, -0.1) is 0 Å². The highest BCUT2D eigenvalue weighted by molar-refractivity contribution is 6.29. The summed E-state index contributed by atoms with van der Waals surface area (Å²) in [6, 6.07) is 6.33. The van der Waals surface area contributed by atoms with E-state index in [1.165, 1.54) is 13.2 Å². The predicted octanol–water partition coefficient (Wildman–Crippen LogP) is 2.79. The fraction of sp³-hybridized carbons (Fsp3) is 0.176. The van der Waals surface area contributed by atoms with Gasteiger partial charge in [0.05, 0.1) is 12.7 Å². The fourth-order valence-electron chi connectivity index (χ4n) is 2.72. The van der Waals surface area contributed by atoms with E-state index >= 15 is 0 Å². The first-order valence-electron chi connectivity index (χ1n) is 6.56. The van der Waals surface area contributed by atoms with Gasteiger partial charge in [0.25, 0.3) is 0 Å². The Bertz CT molecular complexity index is 803. The maximum atomic E-state index is 12.7. The van der Waals surface area contributed by atoms with Crippen molar-refractivity contribution in [2.45, 2.75) is 13.8 Å². The second kappa shape index (κ2) is 4.45. The van der Waals surface area contributed by atoms with Gasteiger partial charge in [0, 0.05) is 16.7 Å². The molecule has 21 heavy (non-hydrogen) atoms. The molecule has 2 aromatic rings. The molecule has 106 valence electrons. The smallest absolute Gasteiger partial charge is 0.198 e. The van der Waals surface area contributed by atoms with E-state index in [1.54, 1.807) is 25.1 Å². The average Bonchev–Trinajstić information content (AvgIpc) is 2.46. The average molecular weight is 282 g/mol. The van der Waals surface area contributed by atoms with Crippen LogP contribution in [0.4, 0.5) is 0 Å². The molecular weight excluding hydrogens is 268 g/mol. The van der Waals surface area contributed by atoms with E-state index in [0.717, 1.165) is 5.56 Å². The summed E-state index contributed by atoms with van der Waals surface area (Å²) in [5.41, 5.74) is 2.53. The Balaban J connectivity index is 2.36. The molecule has 0 spiro atoms. The number of ketones is 2. The number of fused-ring (bicyclic) bond motifs is 2. The van der Waals surface area contributed by atoms with Crippen molar-refractivity contribution in [1.29, 1.82) is 0 Å². The normalized spacial score (nSPS) is 12.9. The van der Waals surface area contributed by atoms with Crippen molar-refractivity contribution >= 4 is 11.6 Å². The number of hydrogen-bond acceptors (Lipinski definition) is 4. The van der Waals surface area contributed by atoms with Gasteiger partial charge in [0.15, 0.2) is 11.6 Å². The standard InChI is InChI=1S/C17H14O4/c1-8-4-5-10-14(17(8)21-3)16(20)12-7-13(18)9(2)6-11(12)15(10)19/h4-7,18H,1-3H3. The Hall–Kier alpha value is -2.62. The van der Waals surface area contributed by atoms with Crippen molar-refractivity contribution in [2.75, 3.05) is 7.11 Å². The van der Waals surface area contributed by atoms with E-state index in [0.29, 0.717) is 22.4 Å². The molecule has 1 N–H and O–H groups in total. The molecule has 3 rings (SSSR count). The van der Waals surface area contributed by atoms with Crippen LogP contribution in [-0.2, 0) is 0 Å². The lowest BCUT2D eigenvalue weighted by molar-refractivity contribution is 0.0976. The van der Waals surface area contributed by atoms with Crippen LogP contribution in [0.3, 0.4) is 0 Å². The summed E-state index contributed by atoms with van der Waals surface area (Å²) < 4.78 is 5.30. The molecule has 4 nitrogen and oxygen atoms in total. The van der Waals surface area contributed by atoms with Crippen LogP contribution in [0, 0.1) is 13.8 Å². The van der Waals surface area contributed by atoms with Crippen LogP contribution < -0.4 is 4.74 Å². The van der Waals surface area contributed by atoms with E-state index < -0.39 is 0 Å². The second-order valence-electron chi connectivity index (χ2n) is 5.18. The highest BCUT2D eigenvalue weighted by Gasteiger charge is 2.33. The molecule has 0 aliphatic heterocycles. The zero-order valence-corrected chi connectivity index (χ0v) is 12.0. The topological polar surface area (TPSA) is 63.6 Å². The summed E-state index contributed by atoms with van der Waals surface area (Å²) in [5.74, 6) is -0.0991. The van der Waals surface area contributed by atoms with Gasteiger partial charge in [-0.05, 0) is 43.2 Å². The third-order valence-electron chi connectivity index (χ3n) is 3.86. The van der Waals surface area contributed by atoms with Crippen LogP contribution in [0.2, 0.25) is 0 Å². The maximum absolute atomic E-state index is 12.7. The van der Waals surface area contributed by atoms with E-state index in [4.69, 9.17) is 4.74 Å². The lowest BCUT2D eigenvalue weighted by atomic mass is 9.82. The number of aryl methyl sites for hydroxylation is 2. The molecule has 0 unspecified atom stereocenters. The minimum absolute atomic E-state index is 0.00460. The molecule has 1 aliphatic carbocycles. The first kappa shape index (κ1) is 13.4. The summed E-state index contributed by atoms with van der Waals surface area (Å²) in [7, 11) is 1.47. The molecule has 0 aromatic heterocycles. The van der Waals surface area contributed by atoms with Gasteiger partial charge in [0.2, 0.25) is 0 Å². The largest absolute Gasteiger partial charge is 0.508 e. The van der Waals surface area contributed by atoms with E-state index in [-0.39, 0.29) is 28.4 Å². The van der Waals surface area contributed by atoms with Crippen molar-refractivity contribution in [3.63, 3.8) is 0 Å².